The number of hydrogen-bond acceptors (Lipinski definition) is 6. The monoisotopic (exact) mass is 329 g/mol. The van der Waals surface area contributed by atoms with Crippen LogP contribution < -0.4 is 20.5 Å². The third-order valence-electron chi connectivity index (χ3n) is 3.73. The van der Waals surface area contributed by atoms with Gasteiger partial charge in [-0.15, -0.1) is 10.2 Å². The van der Waals surface area contributed by atoms with Crippen LogP contribution >= 0.6 is 0 Å². The van der Waals surface area contributed by atoms with Crippen molar-refractivity contribution in [3.8, 4) is 5.75 Å². The van der Waals surface area contributed by atoms with Gasteiger partial charge in [0.2, 0.25) is 11.6 Å². The number of fused-ring (bicyclic) bond motifs is 1. The Hall–Kier alpha value is -2.90. The second-order valence-corrected chi connectivity index (χ2v) is 5.24. The molecule has 0 unspecified atom stereocenters. The molecule has 1 aromatic carbocycles. The Kier molecular flexibility index (Phi) is 4.45. The molecule has 0 bridgehead atoms. The van der Waals surface area contributed by atoms with Crippen LogP contribution in [0.5, 0.6) is 5.75 Å². The summed E-state index contributed by atoms with van der Waals surface area (Å²) in [7, 11) is 0. The Balaban J connectivity index is 1.91. The second-order valence-electron chi connectivity index (χ2n) is 5.24. The fourth-order valence-electron chi connectivity index (χ4n) is 2.63. The quantitative estimate of drug-likeness (QED) is 0.878. The van der Waals surface area contributed by atoms with Gasteiger partial charge in [-0.1, -0.05) is 0 Å². The summed E-state index contributed by atoms with van der Waals surface area (Å²) in [5, 5.41) is 10.5. The lowest BCUT2D eigenvalue weighted by molar-refractivity contribution is 0.0947. The lowest BCUT2D eigenvalue weighted by Crippen LogP contribution is -2.34. The molecule has 1 amide bonds. The maximum atomic E-state index is 12.4. The number of ether oxygens (including phenoxy) is 1. The number of amides is 1. The van der Waals surface area contributed by atoms with Crippen LogP contribution in [-0.4, -0.2) is 40.4 Å². The first-order chi connectivity index (χ1) is 11.7. The van der Waals surface area contributed by atoms with Gasteiger partial charge in [0.05, 0.1) is 6.61 Å². The highest BCUT2D eigenvalue weighted by atomic mass is 16.5. The number of anilines is 2. The number of carbonyl (C=O) groups is 1. The molecule has 8 nitrogen and oxygen atoms in total. The standard InChI is InChI=1S/C16H19N5O3/c1-3-17-14(22)13-15(23)21-10-9-20(16(21)19-18-13)11-5-7-12(8-6-11)24-4-2/h5-8H,3-4,9-10H2,1-2H3,(H,17,22). The van der Waals surface area contributed by atoms with Gasteiger partial charge in [-0.05, 0) is 38.1 Å². The summed E-state index contributed by atoms with van der Waals surface area (Å²) in [6.07, 6.45) is 0. The minimum Gasteiger partial charge on any atom is -0.494 e. The lowest BCUT2D eigenvalue weighted by Gasteiger charge is -2.17. The van der Waals surface area contributed by atoms with Crippen molar-refractivity contribution in [1.82, 2.24) is 20.1 Å². The van der Waals surface area contributed by atoms with Gasteiger partial charge in [0.25, 0.3) is 11.5 Å². The molecule has 1 N–H and O–H groups in total. The summed E-state index contributed by atoms with van der Waals surface area (Å²) in [6.45, 7) is 5.80. The van der Waals surface area contributed by atoms with Crippen molar-refractivity contribution >= 4 is 17.5 Å². The van der Waals surface area contributed by atoms with E-state index in [1.165, 1.54) is 4.57 Å². The fraction of sp³-hybridized carbons (Fsp3) is 0.375. The molecular weight excluding hydrogens is 310 g/mol. The smallest absolute Gasteiger partial charge is 0.286 e. The van der Waals surface area contributed by atoms with Gasteiger partial charge in [0, 0.05) is 25.3 Å². The summed E-state index contributed by atoms with van der Waals surface area (Å²) in [5.74, 6) is 0.734. The zero-order valence-corrected chi connectivity index (χ0v) is 13.7. The Morgan fingerprint density at radius 2 is 1.96 bits per heavy atom. The summed E-state index contributed by atoms with van der Waals surface area (Å²) < 4.78 is 6.91. The molecule has 3 rings (SSSR count). The van der Waals surface area contributed by atoms with Crippen LogP contribution in [0, 0.1) is 0 Å². The number of hydrogen-bond donors (Lipinski definition) is 1. The maximum absolute atomic E-state index is 12.4. The molecule has 0 saturated heterocycles. The van der Waals surface area contributed by atoms with Crippen molar-refractivity contribution in [3.63, 3.8) is 0 Å². The van der Waals surface area contributed by atoms with E-state index in [-0.39, 0.29) is 5.69 Å². The molecule has 0 atom stereocenters. The topological polar surface area (TPSA) is 89.3 Å². The van der Waals surface area contributed by atoms with Gasteiger partial charge >= 0.3 is 0 Å². The third-order valence-corrected chi connectivity index (χ3v) is 3.73. The van der Waals surface area contributed by atoms with Crippen LogP contribution in [0.15, 0.2) is 29.1 Å². The van der Waals surface area contributed by atoms with Crippen molar-refractivity contribution in [2.24, 2.45) is 0 Å². The van der Waals surface area contributed by atoms with Crippen molar-refractivity contribution in [3.05, 3.63) is 40.3 Å². The molecule has 0 aliphatic carbocycles. The number of rotatable bonds is 5. The molecule has 1 aliphatic heterocycles. The van der Waals surface area contributed by atoms with Crippen molar-refractivity contribution in [2.75, 3.05) is 24.6 Å². The fourth-order valence-corrected chi connectivity index (χ4v) is 2.63. The van der Waals surface area contributed by atoms with E-state index in [4.69, 9.17) is 4.74 Å². The highest BCUT2D eigenvalue weighted by Gasteiger charge is 2.27. The third kappa shape index (κ3) is 2.82. The molecule has 2 aromatic rings. The normalized spacial score (nSPS) is 12.8. The summed E-state index contributed by atoms with van der Waals surface area (Å²) in [4.78, 5) is 26.2. The van der Waals surface area contributed by atoms with Gasteiger partial charge in [0.15, 0.2) is 0 Å². The summed E-state index contributed by atoms with van der Waals surface area (Å²) >= 11 is 0. The molecule has 126 valence electrons. The van der Waals surface area contributed by atoms with E-state index in [9.17, 15) is 9.59 Å². The molecule has 0 saturated carbocycles. The number of aromatic nitrogens is 3. The predicted octanol–water partition coefficient (Wildman–Crippen LogP) is 0.938. The van der Waals surface area contributed by atoms with Crippen LogP contribution in [0.2, 0.25) is 0 Å². The summed E-state index contributed by atoms with van der Waals surface area (Å²) in [5.41, 5.74) is 0.303. The highest BCUT2D eigenvalue weighted by molar-refractivity contribution is 5.91. The Morgan fingerprint density at radius 3 is 2.62 bits per heavy atom. The highest BCUT2D eigenvalue weighted by Crippen LogP contribution is 2.28. The second kappa shape index (κ2) is 6.69. The average molecular weight is 329 g/mol. The van der Waals surface area contributed by atoms with Gasteiger partial charge in [-0.25, -0.2) is 0 Å². The molecule has 1 aromatic heterocycles. The van der Waals surface area contributed by atoms with Crippen molar-refractivity contribution in [2.45, 2.75) is 20.4 Å². The van der Waals surface area contributed by atoms with E-state index in [2.05, 4.69) is 15.5 Å². The minimum atomic E-state index is -0.496. The number of carbonyl (C=O) groups excluding carboxylic acids is 1. The SMILES string of the molecule is CCNC(=O)c1nnc2n(c1=O)CCN2c1ccc(OCC)cc1. The molecule has 0 spiro atoms. The zero-order valence-electron chi connectivity index (χ0n) is 13.7. The number of nitrogens with one attached hydrogen (secondary N) is 1. The molecule has 2 heterocycles. The largest absolute Gasteiger partial charge is 0.494 e. The maximum Gasteiger partial charge on any atom is 0.286 e. The van der Waals surface area contributed by atoms with Gasteiger partial charge in [-0.2, -0.15) is 0 Å². The Labute approximate surface area is 139 Å². The predicted molar refractivity (Wildman–Crippen MR) is 88.9 cm³/mol. The van der Waals surface area contributed by atoms with Crippen molar-refractivity contribution < 1.29 is 9.53 Å². The molecule has 0 radical (unpaired) electrons. The van der Waals surface area contributed by atoms with E-state index >= 15 is 0 Å². The van der Waals surface area contributed by atoms with Crippen LogP contribution in [0.1, 0.15) is 24.3 Å². The molecule has 0 fully saturated rings. The first-order valence-corrected chi connectivity index (χ1v) is 7.91. The van der Waals surface area contributed by atoms with Crippen LogP contribution in [0.25, 0.3) is 0 Å². The minimum absolute atomic E-state index is 0.172. The number of benzene rings is 1. The average Bonchev–Trinajstić information content (AvgIpc) is 3.01. The van der Waals surface area contributed by atoms with Crippen LogP contribution in [0.3, 0.4) is 0 Å². The van der Waals surface area contributed by atoms with E-state index < -0.39 is 11.5 Å². The zero-order chi connectivity index (χ0) is 17.1. The lowest BCUT2D eigenvalue weighted by atomic mass is 10.3. The van der Waals surface area contributed by atoms with Gasteiger partial charge in [-0.3, -0.25) is 14.2 Å². The van der Waals surface area contributed by atoms with E-state index in [1.54, 1.807) is 6.92 Å². The molecular formula is C16H19N5O3. The first kappa shape index (κ1) is 16.0. The Morgan fingerprint density at radius 1 is 1.21 bits per heavy atom. The summed E-state index contributed by atoms with van der Waals surface area (Å²) in [6, 6.07) is 7.56. The van der Waals surface area contributed by atoms with E-state index in [0.29, 0.717) is 32.2 Å². The molecule has 24 heavy (non-hydrogen) atoms. The van der Waals surface area contributed by atoms with E-state index in [0.717, 1.165) is 11.4 Å². The van der Waals surface area contributed by atoms with Crippen LogP contribution in [0.4, 0.5) is 11.6 Å². The number of nitrogens with zero attached hydrogens (tertiary/aromatic N) is 4. The van der Waals surface area contributed by atoms with E-state index in [1.807, 2.05) is 36.1 Å². The first-order valence-electron chi connectivity index (χ1n) is 7.91. The van der Waals surface area contributed by atoms with Crippen LogP contribution in [-0.2, 0) is 6.54 Å². The Bertz CT molecular complexity index is 800. The van der Waals surface area contributed by atoms with Gasteiger partial charge < -0.3 is 15.0 Å². The molecule has 8 heteroatoms. The van der Waals surface area contributed by atoms with Crippen molar-refractivity contribution in [1.29, 1.82) is 0 Å². The molecule has 1 aliphatic rings. The van der Waals surface area contributed by atoms with Gasteiger partial charge in [0.1, 0.15) is 5.75 Å².